The Kier molecular flexibility index (Phi) is 8.11. The summed E-state index contributed by atoms with van der Waals surface area (Å²) in [5.41, 5.74) is 5.28. The standard InChI is InChI=1S/C10H23N3O3S/c1-3-17(15,16)13(2)9-5-8-12-10(14)6-4-7-11/h3-9,11H2,1-2H3,(H,12,14). The Labute approximate surface area is 104 Å². The molecule has 102 valence electrons. The Morgan fingerprint density at radius 2 is 2.00 bits per heavy atom. The zero-order valence-electron chi connectivity index (χ0n) is 10.6. The molecule has 0 aliphatic heterocycles. The molecule has 0 aromatic carbocycles. The number of sulfonamides is 1. The number of carbonyl (C=O) groups is 1. The summed E-state index contributed by atoms with van der Waals surface area (Å²) in [6.45, 7) is 3.03. The van der Waals surface area contributed by atoms with Crippen molar-refractivity contribution in [2.24, 2.45) is 5.73 Å². The fourth-order valence-corrected chi connectivity index (χ4v) is 2.09. The van der Waals surface area contributed by atoms with E-state index in [0.717, 1.165) is 0 Å². The van der Waals surface area contributed by atoms with Crippen LogP contribution < -0.4 is 11.1 Å². The Balaban J connectivity index is 3.68. The highest BCUT2D eigenvalue weighted by Crippen LogP contribution is 1.98. The fraction of sp³-hybridized carbons (Fsp3) is 0.900. The van der Waals surface area contributed by atoms with Crippen LogP contribution in [-0.4, -0.2) is 51.1 Å². The topological polar surface area (TPSA) is 92.5 Å². The van der Waals surface area contributed by atoms with Crippen molar-refractivity contribution in [2.75, 3.05) is 32.4 Å². The van der Waals surface area contributed by atoms with E-state index in [-0.39, 0.29) is 11.7 Å². The maximum atomic E-state index is 11.4. The highest BCUT2D eigenvalue weighted by molar-refractivity contribution is 7.89. The van der Waals surface area contributed by atoms with Crippen molar-refractivity contribution in [2.45, 2.75) is 26.2 Å². The molecule has 0 atom stereocenters. The van der Waals surface area contributed by atoms with Gasteiger partial charge in [0.1, 0.15) is 0 Å². The molecule has 0 radical (unpaired) electrons. The molecule has 0 heterocycles. The van der Waals surface area contributed by atoms with Crippen LogP contribution in [0.15, 0.2) is 0 Å². The van der Waals surface area contributed by atoms with Crippen LogP contribution in [0.3, 0.4) is 0 Å². The smallest absolute Gasteiger partial charge is 0.220 e. The van der Waals surface area contributed by atoms with Gasteiger partial charge in [-0.2, -0.15) is 0 Å². The van der Waals surface area contributed by atoms with E-state index in [9.17, 15) is 13.2 Å². The first-order valence-electron chi connectivity index (χ1n) is 5.84. The Morgan fingerprint density at radius 1 is 1.35 bits per heavy atom. The third kappa shape index (κ3) is 7.30. The Bertz CT molecular complexity index is 317. The minimum absolute atomic E-state index is 0.0311. The second kappa shape index (κ2) is 8.43. The molecule has 0 aromatic rings. The summed E-state index contributed by atoms with van der Waals surface area (Å²) in [7, 11) is -1.56. The van der Waals surface area contributed by atoms with E-state index in [1.807, 2.05) is 0 Å². The van der Waals surface area contributed by atoms with Gasteiger partial charge in [0.2, 0.25) is 15.9 Å². The largest absolute Gasteiger partial charge is 0.356 e. The first-order valence-corrected chi connectivity index (χ1v) is 7.45. The van der Waals surface area contributed by atoms with Crippen molar-refractivity contribution in [1.29, 1.82) is 0 Å². The summed E-state index contributed by atoms with van der Waals surface area (Å²) < 4.78 is 24.1. The molecule has 0 spiro atoms. The summed E-state index contributed by atoms with van der Waals surface area (Å²) in [5.74, 6) is 0.0725. The van der Waals surface area contributed by atoms with Gasteiger partial charge in [-0.1, -0.05) is 0 Å². The van der Waals surface area contributed by atoms with Gasteiger partial charge in [0, 0.05) is 26.6 Å². The van der Waals surface area contributed by atoms with Crippen molar-refractivity contribution in [3.8, 4) is 0 Å². The maximum absolute atomic E-state index is 11.4. The highest BCUT2D eigenvalue weighted by atomic mass is 32.2. The lowest BCUT2D eigenvalue weighted by molar-refractivity contribution is -0.121. The molecule has 1 amide bonds. The summed E-state index contributed by atoms with van der Waals surface area (Å²) in [6, 6.07) is 0. The van der Waals surface area contributed by atoms with E-state index in [2.05, 4.69) is 5.32 Å². The zero-order valence-corrected chi connectivity index (χ0v) is 11.4. The quantitative estimate of drug-likeness (QED) is 0.550. The molecular weight excluding hydrogens is 242 g/mol. The van der Waals surface area contributed by atoms with Gasteiger partial charge in [0.25, 0.3) is 0 Å². The van der Waals surface area contributed by atoms with Crippen LogP contribution >= 0.6 is 0 Å². The lowest BCUT2D eigenvalue weighted by Gasteiger charge is -2.15. The lowest BCUT2D eigenvalue weighted by Crippen LogP contribution is -2.32. The average molecular weight is 265 g/mol. The molecule has 0 unspecified atom stereocenters. The third-order valence-electron chi connectivity index (χ3n) is 2.42. The molecule has 0 aliphatic carbocycles. The van der Waals surface area contributed by atoms with Gasteiger partial charge in [0.05, 0.1) is 5.75 Å². The third-order valence-corrected chi connectivity index (χ3v) is 4.28. The van der Waals surface area contributed by atoms with Crippen molar-refractivity contribution in [3.63, 3.8) is 0 Å². The van der Waals surface area contributed by atoms with Crippen LogP contribution in [0.1, 0.15) is 26.2 Å². The molecule has 7 heteroatoms. The van der Waals surface area contributed by atoms with Crippen LogP contribution in [0.5, 0.6) is 0 Å². The molecule has 6 nitrogen and oxygen atoms in total. The number of rotatable bonds is 9. The molecule has 0 saturated heterocycles. The SMILES string of the molecule is CCS(=O)(=O)N(C)CCCNC(=O)CCCN. The Hall–Kier alpha value is -0.660. The van der Waals surface area contributed by atoms with Gasteiger partial charge in [-0.3, -0.25) is 4.79 Å². The van der Waals surface area contributed by atoms with Gasteiger partial charge in [-0.05, 0) is 26.3 Å². The molecule has 3 N–H and O–H groups in total. The van der Waals surface area contributed by atoms with E-state index in [0.29, 0.717) is 38.9 Å². The summed E-state index contributed by atoms with van der Waals surface area (Å²) >= 11 is 0. The van der Waals surface area contributed by atoms with Crippen molar-refractivity contribution in [1.82, 2.24) is 9.62 Å². The molecular formula is C10H23N3O3S. The zero-order chi connectivity index (χ0) is 13.3. The number of hydrogen-bond acceptors (Lipinski definition) is 4. The van der Waals surface area contributed by atoms with E-state index in [1.54, 1.807) is 14.0 Å². The second-order valence-electron chi connectivity index (χ2n) is 3.82. The summed E-state index contributed by atoms with van der Waals surface area (Å²) in [5, 5.41) is 2.73. The van der Waals surface area contributed by atoms with Gasteiger partial charge < -0.3 is 11.1 Å². The predicted octanol–water partition coefficient (Wildman–Crippen LogP) is -0.487. The fourth-order valence-electron chi connectivity index (χ4n) is 1.24. The molecule has 0 fully saturated rings. The number of hydrogen-bond donors (Lipinski definition) is 2. The minimum Gasteiger partial charge on any atom is -0.356 e. The molecule has 0 saturated carbocycles. The van der Waals surface area contributed by atoms with Crippen molar-refractivity contribution in [3.05, 3.63) is 0 Å². The second-order valence-corrected chi connectivity index (χ2v) is 6.18. The number of nitrogens with two attached hydrogens (primary N) is 1. The van der Waals surface area contributed by atoms with E-state index in [1.165, 1.54) is 4.31 Å². The maximum Gasteiger partial charge on any atom is 0.220 e. The predicted molar refractivity (Wildman–Crippen MR) is 68.0 cm³/mol. The molecule has 17 heavy (non-hydrogen) atoms. The minimum atomic E-state index is -3.11. The van der Waals surface area contributed by atoms with Crippen LogP contribution in [0.25, 0.3) is 0 Å². The number of amides is 1. The van der Waals surface area contributed by atoms with Gasteiger partial charge in [-0.25, -0.2) is 12.7 Å². The van der Waals surface area contributed by atoms with Gasteiger partial charge in [-0.15, -0.1) is 0 Å². The molecule has 0 rings (SSSR count). The highest BCUT2D eigenvalue weighted by Gasteiger charge is 2.13. The lowest BCUT2D eigenvalue weighted by atomic mass is 10.3. The first kappa shape index (κ1) is 16.3. The van der Waals surface area contributed by atoms with Crippen LogP contribution in [-0.2, 0) is 14.8 Å². The number of nitrogens with one attached hydrogen (secondary N) is 1. The summed E-state index contributed by atoms with van der Waals surface area (Å²) in [6.07, 6.45) is 1.72. The monoisotopic (exact) mass is 265 g/mol. The van der Waals surface area contributed by atoms with Gasteiger partial charge in [0.15, 0.2) is 0 Å². The first-order chi connectivity index (χ1) is 7.94. The van der Waals surface area contributed by atoms with Crippen LogP contribution in [0, 0.1) is 0 Å². The van der Waals surface area contributed by atoms with Crippen molar-refractivity contribution < 1.29 is 13.2 Å². The normalized spacial score (nSPS) is 11.8. The summed E-state index contributed by atoms with van der Waals surface area (Å²) in [4.78, 5) is 11.2. The Morgan fingerprint density at radius 3 is 2.53 bits per heavy atom. The van der Waals surface area contributed by atoms with Crippen LogP contribution in [0.4, 0.5) is 0 Å². The number of nitrogens with zero attached hydrogens (tertiary/aromatic N) is 1. The molecule has 0 aromatic heterocycles. The van der Waals surface area contributed by atoms with Crippen LogP contribution in [0.2, 0.25) is 0 Å². The molecule has 0 aliphatic rings. The molecule has 0 bridgehead atoms. The van der Waals surface area contributed by atoms with E-state index < -0.39 is 10.0 Å². The van der Waals surface area contributed by atoms with E-state index >= 15 is 0 Å². The van der Waals surface area contributed by atoms with E-state index in [4.69, 9.17) is 5.73 Å². The average Bonchev–Trinajstić information content (AvgIpc) is 2.31. The van der Waals surface area contributed by atoms with Crippen molar-refractivity contribution >= 4 is 15.9 Å². The number of carbonyl (C=O) groups excluding carboxylic acids is 1. The van der Waals surface area contributed by atoms with Gasteiger partial charge >= 0.3 is 0 Å².